The van der Waals surface area contributed by atoms with Crippen LogP contribution in [-0.4, -0.2) is 132 Å². The molecule has 0 saturated carbocycles. The van der Waals surface area contributed by atoms with Gasteiger partial charge in [0.15, 0.2) is 5.82 Å². The topological polar surface area (TPSA) is 131 Å². The third-order valence-electron chi connectivity index (χ3n) is 12.7. The summed E-state index contributed by atoms with van der Waals surface area (Å²) in [6.07, 6.45) is -2.81. The van der Waals surface area contributed by atoms with Crippen molar-refractivity contribution in [2.24, 2.45) is 0 Å². The van der Waals surface area contributed by atoms with Crippen LogP contribution in [0.15, 0.2) is 30.5 Å². The molecule has 2 aromatic heterocycles. The lowest BCUT2D eigenvalue weighted by Crippen LogP contribution is -2.60. The van der Waals surface area contributed by atoms with Crippen LogP contribution in [0, 0.1) is 11.6 Å². The molecule has 10 rings (SSSR count). The van der Waals surface area contributed by atoms with Gasteiger partial charge in [0.05, 0.1) is 36.2 Å². The number of rotatable bonds is 5. The van der Waals surface area contributed by atoms with Gasteiger partial charge in [0.1, 0.15) is 53.6 Å². The molecule has 1 N–H and O–H groups in total. The van der Waals surface area contributed by atoms with Crippen molar-refractivity contribution >= 4 is 39.7 Å². The standard InChI is InChI=1S/C42H45F6N7O6/c1-40-15-24(43)18-54(20-40)36-29-17-49-34(33(46)35(29)50-37(51-36)60-22-41-9-4-10-55(41)19-25(44)16-41)28-14-26(61-39(57)53-11-8-31(58-2)42(47,48)21-53)13-23-6-7-30(45)27(32(23)28)5-3-12-59-38(56)52-40/h6-7,13-14,17,24-25,31H,3-5,8-12,15-16,18-22H2,1-2H3,(H,52,56)/t24-,25-,31?,40-,41+/m1/s1. The van der Waals surface area contributed by atoms with E-state index >= 15 is 13.2 Å². The number of alkyl carbamates (subject to hydrolysis) is 1. The van der Waals surface area contributed by atoms with Crippen LogP contribution >= 0.6 is 0 Å². The Bertz CT molecular complexity index is 2400. The highest BCUT2D eigenvalue weighted by molar-refractivity contribution is 6.02. The Kier molecular flexibility index (Phi) is 10.6. The molecule has 13 nitrogen and oxygen atoms in total. The number of aryl methyl sites for hydroxylation is 1. The Morgan fingerprint density at radius 1 is 1.05 bits per heavy atom. The molecule has 6 aliphatic rings. The second-order valence-corrected chi connectivity index (χ2v) is 17.1. The van der Waals surface area contributed by atoms with Crippen LogP contribution in [0.4, 0.5) is 41.7 Å². The number of carbonyl (C=O) groups is 2. The number of likely N-dealkylation sites (tertiary alicyclic amines) is 1. The van der Waals surface area contributed by atoms with Gasteiger partial charge in [0.2, 0.25) is 0 Å². The van der Waals surface area contributed by atoms with Crippen molar-refractivity contribution in [3.63, 3.8) is 0 Å². The number of carbonyl (C=O) groups excluding carboxylic acids is 2. The van der Waals surface area contributed by atoms with Crippen molar-refractivity contribution < 1.29 is 54.9 Å². The molecule has 326 valence electrons. The van der Waals surface area contributed by atoms with E-state index in [0.717, 1.165) is 11.3 Å². The van der Waals surface area contributed by atoms with Gasteiger partial charge in [-0.15, -0.1) is 0 Å². The van der Waals surface area contributed by atoms with Crippen LogP contribution in [0.3, 0.4) is 0 Å². The summed E-state index contributed by atoms with van der Waals surface area (Å²) >= 11 is 0. The first-order valence-corrected chi connectivity index (χ1v) is 20.5. The van der Waals surface area contributed by atoms with Crippen LogP contribution in [-0.2, 0) is 15.9 Å². The fraction of sp³-hybridized carbons (Fsp3) is 0.548. The third kappa shape index (κ3) is 7.72. The van der Waals surface area contributed by atoms with E-state index in [1.807, 2.05) is 4.90 Å². The van der Waals surface area contributed by atoms with Crippen LogP contribution in [0.2, 0.25) is 0 Å². The molecule has 61 heavy (non-hydrogen) atoms. The molecule has 6 bridgehead atoms. The minimum absolute atomic E-state index is 0.00171. The van der Waals surface area contributed by atoms with E-state index in [2.05, 4.69) is 20.3 Å². The lowest BCUT2D eigenvalue weighted by Gasteiger charge is -2.42. The lowest BCUT2D eigenvalue weighted by atomic mass is 9.90. The van der Waals surface area contributed by atoms with Gasteiger partial charge in [-0.05, 0) is 80.1 Å². The average Bonchev–Trinajstić information content (AvgIpc) is 3.73. The second kappa shape index (κ2) is 15.6. The predicted octanol–water partition coefficient (Wildman–Crippen LogP) is 6.91. The molecule has 0 spiro atoms. The summed E-state index contributed by atoms with van der Waals surface area (Å²) in [6.45, 7) is 1.28. The van der Waals surface area contributed by atoms with Crippen molar-refractivity contribution in [2.75, 3.05) is 64.5 Å². The number of nitrogens with one attached hydrogen (secondary N) is 1. The number of benzene rings is 2. The van der Waals surface area contributed by atoms with Gasteiger partial charge in [0.25, 0.3) is 5.92 Å². The average molecular weight is 858 g/mol. The van der Waals surface area contributed by atoms with E-state index in [-0.39, 0.29) is 122 Å². The second-order valence-electron chi connectivity index (χ2n) is 17.1. The molecule has 0 radical (unpaired) electrons. The Morgan fingerprint density at radius 2 is 1.87 bits per heavy atom. The van der Waals surface area contributed by atoms with Crippen molar-refractivity contribution in [1.29, 1.82) is 0 Å². The van der Waals surface area contributed by atoms with E-state index in [1.54, 1.807) is 11.8 Å². The van der Waals surface area contributed by atoms with Gasteiger partial charge >= 0.3 is 18.2 Å². The first-order chi connectivity index (χ1) is 29.1. The highest BCUT2D eigenvalue weighted by Crippen LogP contribution is 2.43. The van der Waals surface area contributed by atoms with Gasteiger partial charge in [-0.3, -0.25) is 9.88 Å². The van der Waals surface area contributed by atoms with Crippen LogP contribution in [0.5, 0.6) is 11.8 Å². The first-order valence-electron chi connectivity index (χ1n) is 20.5. The number of piperidine rings is 2. The molecule has 4 aromatic rings. The fourth-order valence-corrected chi connectivity index (χ4v) is 9.96. The maximum atomic E-state index is 17.6. The van der Waals surface area contributed by atoms with E-state index in [0.29, 0.717) is 18.4 Å². The summed E-state index contributed by atoms with van der Waals surface area (Å²) in [4.78, 5) is 44.7. The van der Waals surface area contributed by atoms with Crippen LogP contribution in [0.25, 0.3) is 32.9 Å². The molecule has 1 unspecified atom stereocenters. The number of pyridine rings is 1. The summed E-state index contributed by atoms with van der Waals surface area (Å²) in [5.74, 6) is -5.09. The quantitative estimate of drug-likeness (QED) is 0.210. The molecule has 2 amide bonds. The summed E-state index contributed by atoms with van der Waals surface area (Å²) in [7, 11) is 1.17. The van der Waals surface area contributed by atoms with E-state index in [9.17, 15) is 22.8 Å². The molecular weight excluding hydrogens is 812 g/mol. The minimum atomic E-state index is -3.35. The molecule has 4 fully saturated rings. The molecule has 5 atom stereocenters. The summed E-state index contributed by atoms with van der Waals surface area (Å²) in [5, 5.41) is 3.35. The van der Waals surface area contributed by atoms with E-state index in [4.69, 9.17) is 18.9 Å². The number of amides is 2. The lowest BCUT2D eigenvalue weighted by molar-refractivity contribution is -0.156. The molecule has 8 heterocycles. The number of fused-ring (bicyclic) bond motifs is 7. The smallest absolute Gasteiger partial charge is 0.415 e. The van der Waals surface area contributed by atoms with Crippen molar-refractivity contribution in [2.45, 2.75) is 87.3 Å². The summed E-state index contributed by atoms with van der Waals surface area (Å²) < 4.78 is 116. The Balaban J connectivity index is 1.19. The fourth-order valence-electron chi connectivity index (χ4n) is 9.96. The minimum Gasteiger partial charge on any atom is -0.461 e. The normalized spacial score (nSPS) is 27.9. The largest absolute Gasteiger partial charge is 0.461 e. The Labute approximate surface area is 346 Å². The zero-order valence-electron chi connectivity index (χ0n) is 33.6. The Morgan fingerprint density at radius 3 is 2.67 bits per heavy atom. The number of ether oxygens (including phenoxy) is 4. The zero-order valence-corrected chi connectivity index (χ0v) is 33.6. The van der Waals surface area contributed by atoms with Crippen molar-refractivity contribution in [3.05, 3.63) is 47.7 Å². The summed E-state index contributed by atoms with van der Waals surface area (Å²) in [6, 6.07) is 5.03. The highest BCUT2D eigenvalue weighted by Gasteiger charge is 2.50. The first kappa shape index (κ1) is 41.2. The maximum absolute atomic E-state index is 17.6. The van der Waals surface area contributed by atoms with Gasteiger partial charge in [-0.25, -0.2) is 35.9 Å². The number of alkyl halides is 4. The molecule has 0 aliphatic carbocycles. The monoisotopic (exact) mass is 857 g/mol. The molecular formula is C42H45F6N7O6. The molecule has 4 saturated heterocycles. The van der Waals surface area contributed by atoms with Crippen LogP contribution < -0.4 is 19.7 Å². The van der Waals surface area contributed by atoms with Gasteiger partial charge in [-0.2, -0.15) is 9.97 Å². The number of anilines is 1. The maximum Gasteiger partial charge on any atom is 0.415 e. The highest BCUT2D eigenvalue weighted by atomic mass is 19.3. The van der Waals surface area contributed by atoms with Gasteiger partial charge in [-0.1, -0.05) is 6.07 Å². The van der Waals surface area contributed by atoms with Crippen molar-refractivity contribution in [3.8, 4) is 23.0 Å². The summed E-state index contributed by atoms with van der Waals surface area (Å²) in [5.41, 5.74) is -2.29. The number of hydrogen-bond acceptors (Lipinski definition) is 11. The molecule has 6 aliphatic heterocycles. The van der Waals surface area contributed by atoms with Crippen molar-refractivity contribution in [1.82, 2.24) is 30.1 Å². The molecule has 2 aromatic carbocycles. The number of aromatic nitrogens is 3. The predicted molar refractivity (Wildman–Crippen MR) is 210 cm³/mol. The Hall–Kier alpha value is -5.17. The zero-order chi connectivity index (χ0) is 42.8. The van der Waals surface area contributed by atoms with Gasteiger partial charge in [0, 0.05) is 51.3 Å². The van der Waals surface area contributed by atoms with Gasteiger partial charge < -0.3 is 34.1 Å². The van der Waals surface area contributed by atoms with E-state index in [1.165, 1.54) is 37.6 Å². The third-order valence-corrected chi connectivity index (χ3v) is 12.7. The molecule has 19 heteroatoms. The number of halogens is 6. The van der Waals surface area contributed by atoms with E-state index < -0.39 is 65.8 Å². The number of nitrogens with zero attached hydrogens (tertiary/aromatic N) is 6. The SMILES string of the molecule is COC1CCN(C(=O)Oc2cc3c4c(c(F)ccc4c2)CCCOC(=O)N[C@]2(C)C[C@@H](F)CN(C2)c2nc(OC[C@@]45CCCN4C[C@H](F)C5)nc4c(F)c-3ncc24)CC1(F)F. The van der Waals surface area contributed by atoms with Crippen LogP contribution in [0.1, 0.15) is 51.0 Å². The number of methoxy groups -OCH3 is 1. The number of hydrogen-bond donors (Lipinski definition) is 1.